The largest absolute Gasteiger partial charge is 0.494 e. The molecule has 2 fully saturated rings. The van der Waals surface area contributed by atoms with Crippen molar-refractivity contribution in [3.8, 4) is 5.75 Å². The number of ether oxygens (including phenoxy) is 2. The predicted octanol–water partition coefficient (Wildman–Crippen LogP) is 0.994. The molecular weight excluding hydrogens is 364 g/mol. The fourth-order valence-electron chi connectivity index (χ4n) is 4.58. The van der Waals surface area contributed by atoms with E-state index in [9.17, 15) is 0 Å². The van der Waals surface area contributed by atoms with E-state index in [-0.39, 0.29) is 0 Å². The van der Waals surface area contributed by atoms with Crippen LogP contribution in [0.25, 0.3) is 11.3 Å². The number of morpholine rings is 1. The second-order valence-electron chi connectivity index (χ2n) is 7.90. The molecule has 0 N–H and O–H groups in total. The molecule has 2 saturated heterocycles. The van der Waals surface area contributed by atoms with Gasteiger partial charge in [-0.05, 0) is 36.6 Å². The molecule has 0 amide bonds. The van der Waals surface area contributed by atoms with Crippen LogP contribution in [0.1, 0.15) is 25.0 Å². The van der Waals surface area contributed by atoms with E-state index < -0.39 is 0 Å². The lowest BCUT2D eigenvalue weighted by molar-refractivity contribution is 0.0358. The van der Waals surface area contributed by atoms with Gasteiger partial charge in [-0.2, -0.15) is 0 Å². The van der Waals surface area contributed by atoms with Crippen LogP contribution in [0.4, 0.5) is 0 Å². The summed E-state index contributed by atoms with van der Waals surface area (Å²) in [5, 5.41) is 2.58. The molecule has 0 atom stereocenters. The van der Waals surface area contributed by atoms with E-state index in [1.807, 2.05) is 6.20 Å². The Hall–Kier alpha value is -2.44. The maximum absolute atomic E-state index is 6.13. The SMILES string of the molecule is c1cnc(C2=c3ccc(OCCCN4CCOCC4)cc3=C3CCCN3C2)cn1. The Balaban J connectivity index is 1.37. The van der Waals surface area contributed by atoms with Gasteiger partial charge in [0.05, 0.1) is 31.7 Å². The number of rotatable bonds is 6. The zero-order valence-electron chi connectivity index (χ0n) is 16.8. The smallest absolute Gasteiger partial charge is 0.119 e. The van der Waals surface area contributed by atoms with Gasteiger partial charge in [0.25, 0.3) is 0 Å². The molecule has 4 heterocycles. The molecule has 3 aliphatic rings. The Kier molecular flexibility index (Phi) is 5.45. The van der Waals surface area contributed by atoms with Crippen LogP contribution in [0, 0.1) is 0 Å². The predicted molar refractivity (Wildman–Crippen MR) is 112 cm³/mol. The van der Waals surface area contributed by atoms with Gasteiger partial charge in [0.1, 0.15) is 5.75 Å². The van der Waals surface area contributed by atoms with Gasteiger partial charge < -0.3 is 14.4 Å². The Bertz CT molecular complexity index is 970. The Morgan fingerprint density at radius 3 is 2.86 bits per heavy atom. The molecule has 6 nitrogen and oxygen atoms in total. The summed E-state index contributed by atoms with van der Waals surface area (Å²) >= 11 is 0. The van der Waals surface area contributed by atoms with E-state index in [0.717, 1.165) is 76.8 Å². The summed E-state index contributed by atoms with van der Waals surface area (Å²) in [6, 6.07) is 6.54. The summed E-state index contributed by atoms with van der Waals surface area (Å²) in [6.07, 6.45) is 8.77. The van der Waals surface area contributed by atoms with Gasteiger partial charge in [0.2, 0.25) is 0 Å². The molecule has 2 aromatic rings. The van der Waals surface area contributed by atoms with Gasteiger partial charge in [-0.1, -0.05) is 6.07 Å². The van der Waals surface area contributed by atoms with Crippen LogP contribution in [0.15, 0.2) is 36.8 Å². The highest BCUT2D eigenvalue weighted by molar-refractivity contribution is 5.69. The molecule has 1 aromatic heterocycles. The molecule has 6 heteroatoms. The number of benzene rings is 1. The molecule has 0 spiro atoms. The fraction of sp³-hybridized carbons (Fsp3) is 0.478. The number of aromatic nitrogens is 2. The molecule has 0 aliphatic carbocycles. The van der Waals surface area contributed by atoms with Crippen molar-refractivity contribution in [3.05, 3.63) is 52.9 Å². The highest BCUT2D eigenvalue weighted by Gasteiger charge is 2.24. The lowest BCUT2D eigenvalue weighted by Crippen LogP contribution is -2.41. The Morgan fingerprint density at radius 2 is 2.00 bits per heavy atom. The molecule has 152 valence electrons. The molecule has 0 unspecified atom stereocenters. The average Bonchev–Trinajstić information content (AvgIpc) is 3.26. The van der Waals surface area contributed by atoms with E-state index in [2.05, 4.69) is 38.0 Å². The number of hydrogen-bond donors (Lipinski definition) is 0. The second kappa shape index (κ2) is 8.51. The maximum Gasteiger partial charge on any atom is 0.119 e. The second-order valence-corrected chi connectivity index (χ2v) is 7.90. The first-order valence-electron chi connectivity index (χ1n) is 10.7. The van der Waals surface area contributed by atoms with E-state index in [4.69, 9.17) is 9.47 Å². The summed E-state index contributed by atoms with van der Waals surface area (Å²) < 4.78 is 11.5. The van der Waals surface area contributed by atoms with Crippen LogP contribution >= 0.6 is 0 Å². The third-order valence-corrected chi connectivity index (χ3v) is 6.06. The first-order chi connectivity index (χ1) is 14.4. The van der Waals surface area contributed by atoms with Crippen molar-refractivity contribution in [3.63, 3.8) is 0 Å². The molecule has 5 rings (SSSR count). The summed E-state index contributed by atoms with van der Waals surface area (Å²) in [5.41, 5.74) is 3.68. The Morgan fingerprint density at radius 1 is 1.07 bits per heavy atom. The van der Waals surface area contributed by atoms with Crippen molar-refractivity contribution in [1.29, 1.82) is 0 Å². The van der Waals surface area contributed by atoms with E-state index in [1.165, 1.54) is 28.1 Å². The zero-order valence-corrected chi connectivity index (χ0v) is 16.8. The summed E-state index contributed by atoms with van der Waals surface area (Å²) in [5.74, 6) is 0.963. The minimum Gasteiger partial charge on any atom is -0.494 e. The molecule has 1 aromatic carbocycles. The van der Waals surface area contributed by atoms with Crippen molar-refractivity contribution in [1.82, 2.24) is 19.8 Å². The van der Waals surface area contributed by atoms with Crippen molar-refractivity contribution >= 4 is 11.3 Å². The molecule has 3 aliphatic heterocycles. The van der Waals surface area contributed by atoms with Crippen molar-refractivity contribution in [2.45, 2.75) is 19.3 Å². The van der Waals surface area contributed by atoms with Gasteiger partial charge in [-0.25, -0.2) is 0 Å². The normalized spacial score (nSPS) is 19.2. The topological polar surface area (TPSA) is 50.7 Å². The number of nitrogens with zero attached hydrogens (tertiary/aromatic N) is 4. The standard InChI is InChI=1S/C23H28N4O2/c1-3-23-20-15-18(29-12-2-8-26-10-13-28-14-11-26)4-5-19(20)21(17-27(23)9-1)22-16-24-6-7-25-22/h4-7,15-16H,1-3,8-14,17H2. The fourth-order valence-corrected chi connectivity index (χ4v) is 4.58. The van der Waals surface area contributed by atoms with Crippen LogP contribution in [0.3, 0.4) is 0 Å². The van der Waals surface area contributed by atoms with Crippen LogP contribution in [0.5, 0.6) is 5.75 Å². The zero-order chi connectivity index (χ0) is 19.5. The third-order valence-electron chi connectivity index (χ3n) is 6.06. The summed E-state index contributed by atoms with van der Waals surface area (Å²) in [4.78, 5) is 13.8. The van der Waals surface area contributed by atoms with Crippen molar-refractivity contribution < 1.29 is 9.47 Å². The minimum atomic E-state index is 0.746. The highest BCUT2D eigenvalue weighted by Crippen LogP contribution is 2.26. The van der Waals surface area contributed by atoms with Gasteiger partial charge in [0.15, 0.2) is 0 Å². The lowest BCUT2D eigenvalue weighted by atomic mass is 10.0. The van der Waals surface area contributed by atoms with Gasteiger partial charge in [-0.15, -0.1) is 0 Å². The van der Waals surface area contributed by atoms with Crippen LogP contribution in [-0.2, 0) is 4.74 Å². The summed E-state index contributed by atoms with van der Waals surface area (Å²) in [7, 11) is 0. The van der Waals surface area contributed by atoms with Crippen molar-refractivity contribution in [2.75, 3.05) is 52.5 Å². The lowest BCUT2D eigenvalue weighted by Gasteiger charge is -2.27. The number of hydrogen-bond acceptors (Lipinski definition) is 6. The summed E-state index contributed by atoms with van der Waals surface area (Å²) in [6.45, 7) is 7.63. The average molecular weight is 393 g/mol. The quantitative estimate of drug-likeness (QED) is 0.684. The maximum atomic E-state index is 6.13. The first kappa shape index (κ1) is 18.6. The molecular formula is C23H28N4O2. The molecule has 0 radical (unpaired) electrons. The minimum absolute atomic E-state index is 0.746. The highest BCUT2D eigenvalue weighted by atomic mass is 16.5. The van der Waals surface area contributed by atoms with Gasteiger partial charge in [0, 0.05) is 61.6 Å². The van der Waals surface area contributed by atoms with Gasteiger partial charge in [-0.3, -0.25) is 14.9 Å². The van der Waals surface area contributed by atoms with E-state index >= 15 is 0 Å². The third kappa shape index (κ3) is 4.00. The van der Waals surface area contributed by atoms with Crippen LogP contribution < -0.4 is 15.2 Å². The van der Waals surface area contributed by atoms with Crippen LogP contribution in [-0.4, -0.2) is 72.3 Å². The van der Waals surface area contributed by atoms with Gasteiger partial charge >= 0.3 is 0 Å². The molecule has 29 heavy (non-hydrogen) atoms. The van der Waals surface area contributed by atoms with Crippen LogP contribution in [0.2, 0.25) is 0 Å². The Labute approximate surface area is 171 Å². The molecule has 0 saturated carbocycles. The van der Waals surface area contributed by atoms with Crippen molar-refractivity contribution in [2.24, 2.45) is 0 Å². The first-order valence-corrected chi connectivity index (χ1v) is 10.7. The number of fused-ring (bicyclic) bond motifs is 2. The van der Waals surface area contributed by atoms with E-state index in [0.29, 0.717) is 0 Å². The molecule has 0 bridgehead atoms. The monoisotopic (exact) mass is 392 g/mol. The van der Waals surface area contributed by atoms with E-state index in [1.54, 1.807) is 12.4 Å².